The van der Waals surface area contributed by atoms with E-state index in [0.717, 1.165) is 22.6 Å². The highest BCUT2D eigenvalue weighted by atomic mass is 35.5. The van der Waals surface area contributed by atoms with Gasteiger partial charge in [-0.1, -0.05) is 37.6 Å². The first-order valence-electron chi connectivity index (χ1n) is 9.59. The monoisotopic (exact) mass is 406 g/mol. The van der Waals surface area contributed by atoms with E-state index >= 15 is 0 Å². The summed E-state index contributed by atoms with van der Waals surface area (Å²) in [5.74, 6) is 1.06. The number of benzene rings is 2. The van der Waals surface area contributed by atoms with Crippen molar-refractivity contribution in [1.29, 1.82) is 0 Å². The molecule has 3 aromatic rings. The third-order valence-corrected chi connectivity index (χ3v) is 5.18. The highest BCUT2D eigenvalue weighted by Crippen LogP contribution is 2.37. The van der Waals surface area contributed by atoms with Gasteiger partial charge in [0.25, 0.3) is 0 Å². The quantitative estimate of drug-likeness (QED) is 0.549. The normalized spacial score (nSPS) is 15.0. The van der Waals surface area contributed by atoms with Crippen molar-refractivity contribution in [3.05, 3.63) is 70.4 Å². The number of hydrogen-bond donors (Lipinski definition) is 2. The molecule has 4 rings (SSSR count). The first-order chi connectivity index (χ1) is 13.8. The van der Waals surface area contributed by atoms with Crippen LogP contribution in [0.2, 0.25) is 5.02 Å². The standard InChI is InChI=1S/C23H23ClN4O/c1-14-5-4-6-17(11-14)25-21-20-18(12-23(2,3)13-19(20)29)27-22(28-21)26-16-9-7-15(24)8-10-16/h4-11H,12-13H2,1-3H3,(H2,25,26,27,28). The number of ketones is 1. The van der Waals surface area contributed by atoms with E-state index in [1.165, 1.54) is 0 Å². The molecule has 0 saturated carbocycles. The summed E-state index contributed by atoms with van der Waals surface area (Å²) in [7, 11) is 0. The molecule has 2 aromatic carbocycles. The largest absolute Gasteiger partial charge is 0.339 e. The van der Waals surface area contributed by atoms with Gasteiger partial charge in [-0.3, -0.25) is 4.79 Å². The van der Waals surface area contributed by atoms with Gasteiger partial charge in [0.05, 0.1) is 11.3 Å². The Balaban J connectivity index is 1.77. The van der Waals surface area contributed by atoms with E-state index in [1.54, 1.807) is 12.1 Å². The molecule has 6 heteroatoms. The van der Waals surface area contributed by atoms with Crippen molar-refractivity contribution in [2.45, 2.75) is 33.6 Å². The second-order valence-electron chi connectivity index (χ2n) is 8.28. The molecule has 29 heavy (non-hydrogen) atoms. The molecule has 0 atom stereocenters. The van der Waals surface area contributed by atoms with Crippen LogP contribution in [0.3, 0.4) is 0 Å². The van der Waals surface area contributed by atoms with Gasteiger partial charge in [0.2, 0.25) is 5.95 Å². The zero-order valence-electron chi connectivity index (χ0n) is 16.7. The Kier molecular flexibility index (Phi) is 5.01. The summed E-state index contributed by atoms with van der Waals surface area (Å²) in [6.07, 6.45) is 1.20. The van der Waals surface area contributed by atoms with E-state index in [2.05, 4.69) is 34.4 Å². The molecule has 0 amide bonds. The van der Waals surface area contributed by atoms with Gasteiger partial charge in [0, 0.05) is 22.8 Å². The number of rotatable bonds is 4. The molecule has 0 fully saturated rings. The maximum absolute atomic E-state index is 12.9. The van der Waals surface area contributed by atoms with E-state index in [1.807, 2.05) is 43.3 Å². The van der Waals surface area contributed by atoms with Crippen molar-refractivity contribution in [1.82, 2.24) is 9.97 Å². The number of halogens is 1. The molecule has 5 nitrogen and oxygen atoms in total. The summed E-state index contributed by atoms with van der Waals surface area (Å²) in [5.41, 5.74) is 4.08. The molecule has 2 N–H and O–H groups in total. The second-order valence-corrected chi connectivity index (χ2v) is 8.72. The van der Waals surface area contributed by atoms with Crippen LogP contribution in [-0.2, 0) is 6.42 Å². The van der Waals surface area contributed by atoms with Crippen molar-refractivity contribution in [3.8, 4) is 0 Å². The Hall–Kier alpha value is -2.92. The van der Waals surface area contributed by atoms with Gasteiger partial charge in [-0.15, -0.1) is 0 Å². The number of carbonyl (C=O) groups is 1. The SMILES string of the molecule is Cc1cccc(Nc2nc(Nc3ccc(Cl)cc3)nc3c2C(=O)CC(C)(C)C3)c1. The fourth-order valence-corrected chi connectivity index (χ4v) is 3.76. The number of fused-ring (bicyclic) bond motifs is 1. The molecule has 1 aliphatic rings. The summed E-state index contributed by atoms with van der Waals surface area (Å²) in [5, 5.41) is 7.22. The molecule has 0 aliphatic heterocycles. The lowest BCUT2D eigenvalue weighted by molar-refractivity contribution is 0.0911. The molecule has 0 spiro atoms. The van der Waals surface area contributed by atoms with Crippen molar-refractivity contribution in [2.24, 2.45) is 5.41 Å². The molecule has 0 unspecified atom stereocenters. The van der Waals surface area contributed by atoms with Crippen LogP contribution in [0.4, 0.5) is 23.1 Å². The molecular formula is C23H23ClN4O. The van der Waals surface area contributed by atoms with Crippen molar-refractivity contribution < 1.29 is 4.79 Å². The fourth-order valence-electron chi connectivity index (χ4n) is 3.64. The minimum Gasteiger partial charge on any atom is -0.339 e. The highest BCUT2D eigenvalue weighted by Gasteiger charge is 2.35. The van der Waals surface area contributed by atoms with Crippen LogP contribution in [0.25, 0.3) is 0 Å². The maximum Gasteiger partial charge on any atom is 0.229 e. The first-order valence-corrected chi connectivity index (χ1v) is 9.97. The Morgan fingerprint density at radius 1 is 0.966 bits per heavy atom. The van der Waals surface area contributed by atoms with E-state index in [-0.39, 0.29) is 11.2 Å². The summed E-state index contributed by atoms with van der Waals surface area (Å²) in [4.78, 5) is 22.3. The van der Waals surface area contributed by atoms with E-state index in [9.17, 15) is 4.79 Å². The number of nitrogens with one attached hydrogen (secondary N) is 2. The number of aryl methyl sites for hydroxylation is 1. The van der Waals surface area contributed by atoms with Crippen molar-refractivity contribution in [2.75, 3.05) is 10.6 Å². The molecule has 0 radical (unpaired) electrons. The van der Waals surface area contributed by atoms with Crippen molar-refractivity contribution in [3.63, 3.8) is 0 Å². The van der Waals surface area contributed by atoms with Crippen LogP contribution in [0.1, 0.15) is 41.9 Å². The van der Waals surface area contributed by atoms with Gasteiger partial charge in [0.1, 0.15) is 5.82 Å². The number of nitrogens with zero attached hydrogens (tertiary/aromatic N) is 2. The first kappa shape index (κ1) is 19.4. The van der Waals surface area contributed by atoms with Gasteiger partial charge < -0.3 is 10.6 Å². The minimum atomic E-state index is -0.128. The topological polar surface area (TPSA) is 66.9 Å². The molecule has 1 aliphatic carbocycles. The minimum absolute atomic E-state index is 0.0736. The lowest BCUT2D eigenvalue weighted by atomic mass is 9.75. The molecular weight excluding hydrogens is 384 g/mol. The summed E-state index contributed by atoms with van der Waals surface area (Å²) >= 11 is 5.98. The number of carbonyl (C=O) groups excluding carboxylic acids is 1. The predicted octanol–water partition coefficient (Wildman–Crippen LogP) is 6.08. The fraction of sp³-hybridized carbons (Fsp3) is 0.261. The average Bonchev–Trinajstić information content (AvgIpc) is 2.62. The van der Waals surface area contributed by atoms with Gasteiger partial charge in [0.15, 0.2) is 5.78 Å². The van der Waals surface area contributed by atoms with E-state index in [0.29, 0.717) is 35.2 Å². The molecule has 148 valence electrons. The third kappa shape index (κ3) is 4.40. The average molecular weight is 407 g/mol. The Morgan fingerprint density at radius 2 is 1.72 bits per heavy atom. The lowest BCUT2D eigenvalue weighted by Crippen LogP contribution is -2.29. The highest BCUT2D eigenvalue weighted by molar-refractivity contribution is 6.30. The molecule has 1 heterocycles. The van der Waals surface area contributed by atoms with Crippen LogP contribution in [0.5, 0.6) is 0 Å². The molecule has 0 saturated heterocycles. The van der Waals surface area contributed by atoms with Gasteiger partial charge >= 0.3 is 0 Å². The zero-order chi connectivity index (χ0) is 20.6. The van der Waals surface area contributed by atoms with Gasteiger partial charge in [-0.2, -0.15) is 4.98 Å². The van der Waals surface area contributed by atoms with Crippen LogP contribution in [0, 0.1) is 12.3 Å². The van der Waals surface area contributed by atoms with Crippen LogP contribution < -0.4 is 10.6 Å². The summed E-state index contributed by atoms with van der Waals surface area (Å²) in [6, 6.07) is 15.3. The third-order valence-electron chi connectivity index (χ3n) is 4.93. The van der Waals surface area contributed by atoms with Gasteiger partial charge in [-0.05, 0) is 60.7 Å². The second kappa shape index (κ2) is 7.48. The lowest BCUT2D eigenvalue weighted by Gasteiger charge is -2.30. The Bertz CT molecular complexity index is 1080. The molecule has 0 bridgehead atoms. The van der Waals surface area contributed by atoms with Crippen molar-refractivity contribution >= 4 is 40.5 Å². The zero-order valence-corrected chi connectivity index (χ0v) is 17.5. The van der Waals surface area contributed by atoms with Crippen LogP contribution in [0.15, 0.2) is 48.5 Å². The smallest absolute Gasteiger partial charge is 0.229 e. The molecule has 1 aromatic heterocycles. The van der Waals surface area contributed by atoms with Gasteiger partial charge in [-0.25, -0.2) is 4.98 Å². The Labute approximate surface area is 175 Å². The predicted molar refractivity (Wildman–Crippen MR) is 118 cm³/mol. The maximum atomic E-state index is 12.9. The van der Waals surface area contributed by atoms with E-state index in [4.69, 9.17) is 11.6 Å². The summed E-state index contributed by atoms with van der Waals surface area (Å²) in [6.45, 7) is 6.22. The van der Waals surface area contributed by atoms with Crippen LogP contribution in [-0.4, -0.2) is 15.8 Å². The van der Waals surface area contributed by atoms with E-state index < -0.39 is 0 Å². The van der Waals surface area contributed by atoms with Crippen LogP contribution >= 0.6 is 11.6 Å². The number of Topliss-reactive ketones (excluding diaryl/α,β-unsaturated/α-hetero) is 1. The number of hydrogen-bond acceptors (Lipinski definition) is 5. The Morgan fingerprint density at radius 3 is 2.45 bits per heavy atom. The summed E-state index contributed by atoms with van der Waals surface area (Å²) < 4.78 is 0. The number of anilines is 4. The number of aromatic nitrogens is 2.